The van der Waals surface area contributed by atoms with Crippen molar-refractivity contribution in [2.45, 2.75) is 18.2 Å². The second-order valence-electron chi connectivity index (χ2n) is 4.73. The first-order chi connectivity index (χ1) is 9.69. The Kier molecular flexibility index (Phi) is 4.79. The molecule has 0 spiro atoms. The van der Waals surface area contributed by atoms with Crippen molar-refractivity contribution in [1.29, 1.82) is 0 Å². The van der Waals surface area contributed by atoms with Crippen LogP contribution in [0.3, 0.4) is 0 Å². The highest BCUT2D eigenvalue weighted by atomic mass is 19.1. The van der Waals surface area contributed by atoms with Crippen LogP contribution in [-0.2, 0) is 4.74 Å². The Hall–Kier alpha value is -1.82. The molecular formula is C13H17FN4O2. The molecule has 108 valence electrons. The molecule has 2 atom stereocenters. The average molecular weight is 280 g/mol. The molecule has 1 aromatic rings. The van der Waals surface area contributed by atoms with Crippen LogP contribution in [0.1, 0.15) is 11.7 Å². The van der Waals surface area contributed by atoms with Gasteiger partial charge in [0.2, 0.25) is 0 Å². The topological polar surface area (TPSA) is 81.5 Å². The van der Waals surface area contributed by atoms with Crippen LogP contribution in [0, 0.1) is 0 Å². The van der Waals surface area contributed by atoms with Crippen LogP contribution in [-0.4, -0.2) is 44.1 Å². The van der Waals surface area contributed by atoms with Gasteiger partial charge >= 0.3 is 0 Å². The number of β-amino-alcohol motifs (C(OH)–C–C–N with tert-alkyl or cyclic N) is 1. The summed E-state index contributed by atoms with van der Waals surface area (Å²) in [5.41, 5.74) is 10.2. The Morgan fingerprint density at radius 2 is 2.15 bits per heavy atom. The number of alkyl halides is 1. The van der Waals surface area contributed by atoms with Crippen LogP contribution in [0.25, 0.3) is 10.4 Å². The summed E-state index contributed by atoms with van der Waals surface area (Å²) < 4.78 is 18.1. The first-order valence-electron chi connectivity index (χ1n) is 6.35. The van der Waals surface area contributed by atoms with Crippen LogP contribution >= 0.6 is 0 Å². The van der Waals surface area contributed by atoms with E-state index < -0.39 is 18.8 Å². The molecule has 0 aromatic heterocycles. The van der Waals surface area contributed by atoms with E-state index in [4.69, 9.17) is 10.3 Å². The number of ether oxygens (including phenoxy) is 1. The standard InChI is InChI=1S/C13H17FN4O2/c1-20-13(12(6-14)16-17-15)9-2-4-10(5-3-9)18-7-11(19)8-18/h2-5,11-13,19H,6-8H2,1H3/t12-,13-/m1/s1. The lowest BCUT2D eigenvalue weighted by molar-refractivity contribution is 0.0722. The number of benzene rings is 1. The van der Waals surface area contributed by atoms with Gasteiger partial charge in [-0.1, -0.05) is 17.2 Å². The number of methoxy groups -OCH3 is 1. The monoisotopic (exact) mass is 280 g/mol. The van der Waals surface area contributed by atoms with Crippen molar-refractivity contribution < 1.29 is 14.2 Å². The molecule has 1 aromatic carbocycles. The van der Waals surface area contributed by atoms with Gasteiger partial charge in [0.15, 0.2) is 0 Å². The molecule has 0 bridgehead atoms. The molecule has 0 saturated carbocycles. The molecule has 20 heavy (non-hydrogen) atoms. The highest BCUT2D eigenvalue weighted by Crippen LogP contribution is 2.27. The molecule has 1 aliphatic rings. The lowest BCUT2D eigenvalue weighted by atomic mass is 10.0. The van der Waals surface area contributed by atoms with Crippen LogP contribution in [0.15, 0.2) is 29.4 Å². The van der Waals surface area contributed by atoms with Gasteiger partial charge in [0.1, 0.15) is 6.67 Å². The molecule has 1 aliphatic heterocycles. The summed E-state index contributed by atoms with van der Waals surface area (Å²) in [5.74, 6) is 0. The molecule has 1 N–H and O–H groups in total. The van der Waals surface area contributed by atoms with E-state index in [0.717, 1.165) is 11.3 Å². The van der Waals surface area contributed by atoms with Crippen molar-refractivity contribution in [2.24, 2.45) is 5.11 Å². The third-order valence-electron chi connectivity index (χ3n) is 3.41. The highest BCUT2D eigenvalue weighted by Gasteiger charge is 2.25. The van der Waals surface area contributed by atoms with E-state index in [0.29, 0.717) is 13.1 Å². The Bertz CT molecular complexity index is 484. The summed E-state index contributed by atoms with van der Waals surface area (Å²) in [6.45, 7) is 0.473. The molecule has 2 rings (SSSR count). The molecule has 6 nitrogen and oxygen atoms in total. The molecule has 0 aliphatic carbocycles. The molecule has 7 heteroatoms. The smallest absolute Gasteiger partial charge is 0.101 e. The maximum absolute atomic E-state index is 12.9. The zero-order valence-corrected chi connectivity index (χ0v) is 11.2. The fourth-order valence-electron chi connectivity index (χ4n) is 2.29. The van der Waals surface area contributed by atoms with Gasteiger partial charge in [0, 0.05) is 30.8 Å². The minimum atomic E-state index is -0.873. The van der Waals surface area contributed by atoms with Gasteiger partial charge < -0.3 is 14.7 Å². The third kappa shape index (κ3) is 3.01. The van der Waals surface area contributed by atoms with Gasteiger partial charge in [0.05, 0.1) is 18.2 Å². The number of hydrogen-bond acceptors (Lipinski definition) is 4. The van der Waals surface area contributed by atoms with Gasteiger partial charge in [-0.3, -0.25) is 4.39 Å². The van der Waals surface area contributed by atoms with Crippen molar-refractivity contribution in [3.8, 4) is 0 Å². The number of nitrogens with zero attached hydrogens (tertiary/aromatic N) is 4. The fraction of sp³-hybridized carbons (Fsp3) is 0.538. The predicted molar refractivity (Wildman–Crippen MR) is 73.3 cm³/mol. The minimum Gasteiger partial charge on any atom is -0.389 e. The van der Waals surface area contributed by atoms with Gasteiger partial charge in [-0.25, -0.2) is 0 Å². The van der Waals surface area contributed by atoms with Crippen molar-refractivity contribution in [1.82, 2.24) is 0 Å². The molecule has 0 radical (unpaired) electrons. The number of azide groups is 1. The Labute approximate surface area is 116 Å². The van der Waals surface area contributed by atoms with Crippen molar-refractivity contribution in [3.05, 3.63) is 40.3 Å². The summed E-state index contributed by atoms with van der Waals surface area (Å²) in [6, 6.07) is 6.55. The average Bonchev–Trinajstić information content (AvgIpc) is 2.44. The zero-order chi connectivity index (χ0) is 14.5. The number of hydrogen-bond donors (Lipinski definition) is 1. The van der Waals surface area contributed by atoms with Crippen molar-refractivity contribution in [2.75, 3.05) is 31.8 Å². The second kappa shape index (κ2) is 6.56. The molecule has 1 fully saturated rings. The van der Waals surface area contributed by atoms with Gasteiger partial charge in [-0.05, 0) is 23.2 Å². The predicted octanol–water partition coefficient (Wildman–Crippen LogP) is 2.20. The maximum Gasteiger partial charge on any atom is 0.101 e. The molecule has 1 saturated heterocycles. The lowest BCUT2D eigenvalue weighted by Crippen LogP contribution is -2.50. The van der Waals surface area contributed by atoms with Crippen molar-refractivity contribution in [3.63, 3.8) is 0 Å². The first kappa shape index (κ1) is 14.6. The Morgan fingerprint density at radius 3 is 2.60 bits per heavy atom. The van der Waals surface area contributed by atoms with E-state index in [1.165, 1.54) is 7.11 Å². The fourth-order valence-corrected chi connectivity index (χ4v) is 2.29. The zero-order valence-electron chi connectivity index (χ0n) is 11.2. The number of aliphatic hydroxyl groups is 1. The number of aliphatic hydroxyl groups excluding tert-OH is 1. The number of anilines is 1. The summed E-state index contributed by atoms with van der Waals surface area (Å²) in [6.07, 6.45) is -0.866. The molecule has 1 heterocycles. The lowest BCUT2D eigenvalue weighted by Gasteiger charge is -2.38. The van der Waals surface area contributed by atoms with E-state index in [2.05, 4.69) is 10.0 Å². The SMILES string of the molecule is CO[C@H](c1ccc(N2CC(O)C2)cc1)[C@@H](CF)N=[N+]=[N-]. The molecule has 0 amide bonds. The van der Waals surface area contributed by atoms with Crippen LogP contribution < -0.4 is 4.90 Å². The van der Waals surface area contributed by atoms with Crippen LogP contribution in [0.5, 0.6) is 0 Å². The van der Waals surface area contributed by atoms with Crippen molar-refractivity contribution >= 4 is 5.69 Å². The summed E-state index contributed by atoms with van der Waals surface area (Å²) >= 11 is 0. The summed E-state index contributed by atoms with van der Waals surface area (Å²) in [7, 11) is 1.46. The normalized spacial score (nSPS) is 18.1. The van der Waals surface area contributed by atoms with E-state index in [-0.39, 0.29) is 6.10 Å². The van der Waals surface area contributed by atoms with Crippen LogP contribution in [0.2, 0.25) is 0 Å². The van der Waals surface area contributed by atoms with Gasteiger partial charge in [-0.2, -0.15) is 0 Å². The van der Waals surface area contributed by atoms with E-state index in [1.54, 1.807) is 0 Å². The number of rotatable bonds is 6. The van der Waals surface area contributed by atoms with E-state index >= 15 is 0 Å². The van der Waals surface area contributed by atoms with E-state index in [9.17, 15) is 9.50 Å². The largest absolute Gasteiger partial charge is 0.389 e. The quantitative estimate of drug-likeness (QED) is 0.492. The van der Waals surface area contributed by atoms with Gasteiger partial charge in [-0.15, -0.1) is 0 Å². The first-order valence-corrected chi connectivity index (χ1v) is 6.35. The maximum atomic E-state index is 12.9. The van der Waals surface area contributed by atoms with Gasteiger partial charge in [0.25, 0.3) is 0 Å². The summed E-state index contributed by atoms with van der Waals surface area (Å²) in [5, 5.41) is 12.7. The summed E-state index contributed by atoms with van der Waals surface area (Å²) in [4.78, 5) is 4.68. The minimum absolute atomic E-state index is 0.262. The Morgan fingerprint density at radius 1 is 1.50 bits per heavy atom. The number of halogens is 1. The Balaban J connectivity index is 2.12. The molecular weight excluding hydrogens is 263 g/mol. The highest BCUT2D eigenvalue weighted by molar-refractivity contribution is 5.50. The van der Waals surface area contributed by atoms with E-state index in [1.807, 2.05) is 29.2 Å². The van der Waals surface area contributed by atoms with Crippen LogP contribution in [0.4, 0.5) is 10.1 Å². The third-order valence-corrected chi connectivity index (χ3v) is 3.41. The second-order valence-corrected chi connectivity index (χ2v) is 4.73. The molecule has 0 unspecified atom stereocenters.